The first-order chi connectivity index (χ1) is 8.43. The number of aromatic nitrogens is 5. The van der Waals surface area contributed by atoms with E-state index < -0.39 is 0 Å². The van der Waals surface area contributed by atoms with Crippen molar-refractivity contribution in [3.05, 3.63) is 43.0 Å². The standard InChI is InChI=1S/C12H7N5/c1-2-8-6-14-15-11(8)12-9-7-13-4-3-10(9)16-17(12)5-1/h1-7H. The van der Waals surface area contributed by atoms with Gasteiger partial charge < -0.3 is 0 Å². The van der Waals surface area contributed by atoms with Gasteiger partial charge in [0.05, 0.1) is 11.7 Å². The summed E-state index contributed by atoms with van der Waals surface area (Å²) in [5, 5.41) is 13.6. The second kappa shape index (κ2) is 2.98. The van der Waals surface area contributed by atoms with Gasteiger partial charge in [0, 0.05) is 29.5 Å². The zero-order chi connectivity index (χ0) is 11.2. The van der Waals surface area contributed by atoms with Crippen LogP contribution in [-0.2, 0) is 0 Å². The molecule has 0 spiro atoms. The van der Waals surface area contributed by atoms with E-state index in [-0.39, 0.29) is 0 Å². The number of hydrogen-bond donors (Lipinski definition) is 0. The van der Waals surface area contributed by atoms with E-state index in [1.807, 2.05) is 35.1 Å². The largest absolute Gasteiger partial charge is 0.264 e. The highest BCUT2D eigenvalue weighted by Crippen LogP contribution is 2.27. The second-order valence-electron chi connectivity index (χ2n) is 3.84. The van der Waals surface area contributed by atoms with Crippen molar-refractivity contribution >= 4 is 16.4 Å². The predicted molar refractivity (Wildman–Crippen MR) is 62.7 cm³/mol. The average molecular weight is 221 g/mol. The van der Waals surface area contributed by atoms with Crippen molar-refractivity contribution < 1.29 is 0 Å². The normalized spacial score (nSPS) is 11.5. The van der Waals surface area contributed by atoms with Crippen LogP contribution in [0.15, 0.2) is 43.0 Å². The molecular formula is C12H7N5. The quantitative estimate of drug-likeness (QED) is 0.454. The van der Waals surface area contributed by atoms with Gasteiger partial charge in [-0.3, -0.25) is 4.98 Å². The minimum Gasteiger partial charge on any atom is -0.264 e. The summed E-state index contributed by atoms with van der Waals surface area (Å²) < 4.78 is 1.82. The second-order valence-corrected chi connectivity index (χ2v) is 3.84. The lowest BCUT2D eigenvalue weighted by molar-refractivity contribution is 0.983. The summed E-state index contributed by atoms with van der Waals surface area (Å²) in [5.41, 5.74) is 3.72. The monoisotopic (exact) mass is 221 g/mol. The third-order valence-electron chi connectivity index (χ3n) is 2.85. The molecule has 17 heavy (non-hydrogen) atoms. The van der Waals surface area contributed by atoms with Crippen LogP contribution in [0.2, 0.25) is 0 Å². The van der Waals surface area contributed by atoms with Gasteiger partial charge in [0.15, 0.2) is 0 Å². The zero-order valence-corrected chi connectivity index (χ0v) is 8.78. The number of pyridine rings is 1. The molecule has 0 fully saturated rings. The molecular weight excluding hydrogens is 214 g/mol. The molecule has 0 saturated heterocycles. The van der Waals surface area contributed by atoms with Crippen LogP contribution in [0.1, 0.15) is 0 Å². The highest BCUT2D eigenvalue weighted by atomic mass is 15.2. The first kappa shape index (κ1) is 8.58. The Morgan fingerprint density at radius 1 is 1.12 bits per heavy atom. The van der Waals surface area contributed by atoms with E-state index >= 15 is 0 Å². The number of rotatable bonds is 0. The first-order valence-corrected chi connectivity index (χ1v) is 5.26. The van der Waals surface area contributed by atoms with E-state index in [2.05, 4.69) is 20.3 Å². The van der Waals surface area contributed by atoms with Gasteiger partial charge in [-0.2, -0.15) is 10.2 Å². The molecule has 0 unspecified atom stereocenters. The summed E-state index contributed by atoms with van der Waals surface area (Å²) in [7, 11) is 0. The maximum absolute atomic E-state index is 4.49. The third kappa shape index (κ3) is 1.08. The summed E-state index contributed by atoms with van der Waals surface area (Å²) in [6, 6.07) is 5.81. The molecule has 0 aliphatic carbocycles. The van der Waals surface area contributed by atoms with Crippen LogP contribution in [0, 0.1) is 0 Å². The Bertz CT molecular complexity index is 804. The van der Waals surface area contributed by atoms with E-state index in [0.29, 0.717) is 0 Å². The summed E-state index contributed by atoms with van der Waals surface area (Å²) in [6.45, 7) is 0. The lowest BCUT2D eigenvalue weighted by Gasteiger charge is -1.91. The van der Waals surface area contributed by atoms with Gasteiger partial charge in [0.1, 0.15) is 11.2 Å². The van der Waals surface area contributed by atoms with Crippen molar-refractivity contribution in [1.29, 1.82) is 0 Å². The Labute approximate surface area is 96.1 Å². The summed E-state index contributed by atoms with van der Waals surface area (Å²) >= 11 is 0. The van der Waals surface area contributed by atoms with Crippen molar-refractivity contribution in [2.75, 3.05) is 0 Å². The van der Waals surface area contributed by atoms with Crippen molar-refractivity contribution in [3.63, 3.8) is 0 Å². The van der Waals surface area contributed by atoms with Crippen molar-refractivity contribution in [2.45, 2.75) is 0 Å². The maximum atomic E-state index is 4.49. The fourth-order valence-electron chi connectivity index (χ4n) is 2.09. The SMILES string of the molecule is c1cc2cnnc-2c2c3cnccc3nn2c1. The van der Waals surface area contributed by atoms with Crippen LogP contribution >= 0.6 is 0 Å². The van der Waals surface area contributed by atoms with Crippen LogP contribution in [0.5, 0.6) is 0 Å². The highest BCUT2D eigenvalue weighted by Gasteiger charge is 2.13. The van der Waals surface area contributed by atoms with E-state index in [0.717, 1.165) is 27.7 Å². The number of fused-ring (bicyclic) bond motifs is 5. The van der Waals surface area contributed by atoms with E-state index in [9.17, 15) is 0 Å². The average Bonchev–Trinajstić information content (AvgIpc) is 2.90. The summed E-state index contributed by atoms with van der Waals surface area (Å²) in [5.74, 6) is 0. The predicted octanol–water partition coefficient (Wildman–Crippen LogP) is 1.78. The molecule has 0 saturated carbocycles. The first-order valence-electron chi connectivity index (χ1n) is 5.26. The molecule has 0 radical (unpaired) electrons. The summed E-state index contributed by atoms with van der Waals surface area (Å²) in [4.78, 5) is 4.15. The minimum absolute atomic E-state index is 0.852. The van der Waals surface area contributed by atoms with Gasteiger partial charge in [0.2, 0.25) is 0 Å². The van der Waals surface area contributed by atoms with Gasteiger partial charge in [-0.25, -0.2) is 4.52 Å². The Morgan fingerprint density at radius 3 is 3.12 bits per heavy atom. The van der Waals surface area contributed by atoms with Gasteiger partial charge in [-0.1, -0.05) is 0 Å². The Balaban J connectivity index is 2.35. The fourth-order valence-corrected chi connectivity index (χ4v) is 2.09. The van der Waals surface area contributed by atoms with Crippen LogP contribution < -0.4 is 0 Å². The molecule has 2 aliphatic heterocycles. The van der Waals surface area contributed by atoms with Gasteiger partial charge in [0.25, 0.3) is 0 Å². The highest BCUT2D eigenvalue weighted by molar-refractivity contribution is 6.00. The van der Waals surface area contributed by atoms with Crippen molar-refractivity contribution in [1.82, 2.24) is 24.8 Å². The fraction of sp³-hybridized carbons (Fsp3) is 0. The molecule has 2 aliphatic rings. The van der Waals surface area contributed by atoms with Crippen molar-refractivity contribution in [3.8, 4) is 11.3 Å². The molecule has 2 aromatic heterocycles. The molecule has 0 N–H and O–H groups in total. The molecule has 0 aromatic carbocycles. The molecule has 0 amide bonds. The lowest BCUT2D eigenvalue weighted by Crippen LogP contribution is -1.83. The third-order valence-corrected chi connectivity index (χ3v) is 2.85. The molecule has 5 heteroatoms. The molecule has 4 rings (SSSR count). The Morgan fingerprint density at radius 2 is 2.12 bits per heavy atom. The Kier molecular flexibility index (Phi) is 1.50. The van der Waals surface area contributed by atoms with E-state index in [1.54, 1.807) is 12.4 Å². The van der Waals surface area contributed by atoms with Gasteiger partial charge in [-0.05, 0) is 18.2 Å². The summed E-state index contributed by atoms with van der Waals surface area (Å²) in [6.07, 6.45) is 7.22. The number of hydrogen-bond acceptors (Lipinski definition) is 4. The molecule has 0 bridgehead atoms. The van der Waals surface area contributed by atoms with Crippen LogP contribution in [0.4, 0.5) is 0 Å². The lowest BCUT2D eigenvalue weighted by atomic mass is 10.2. The van der Waals surface area contributed by atoms with Crippen LogP contribution in [0.3, 0.4) is 0 Å². The van der Waals surface area contributed by atoms with Crippen LogP contribution in [-0.4, -0.2) is 24.8 Å². The molecule has 5 nitrogen and oxygen atoms in total. The molecule has 80 valence electrons. The smallest absolute Gasteiger partial charge is 0.121 e. The van der Waals surface area contributed by atoms with E-state index in [4.69, 9.17) is 0 Å². The molecule has 4 heterocycles. The van der Waals surface area contributed by atoms with E-state index in [1.165, 1.54) is 0 Å². The zero-order valence-electron chi connectivity index (χ0n) is 8.78. The van der Waals surface area contributed by atoms with Crippen molar-refractivity contribution in [2.24, 2.45) is 0 Å². The minimum atomic E-state index is 0.852. The van der Waals surface area contributed by atoms with Gasteiger partial charge in [-0.15, -0.1) is 5.10 Å². The molecule has 2 aromatic rings. The Hall–Kier alpha value is -2.56. The van der Waals surface area contributed by atoms with Crippen LogP contribution in [0.25, 0.3) is 27.7 Å². The number of nitrogens with zero attached hydrogens (tertiary/aromatic N) is 5. The maximum Gasteiger partial charge on any atom is 0.121 e. The van der Waals surface area contributed by atoms with Gasteiger partial charge >= 0.3 is 0 Å². The molecule has 0 atom stereocenters. The topological polar surface area (TPSA) is 56.0 Å².